The molecule has 0 aromatic carbocycles. The van der Waals surface area contributed by atoms with Crippen LogP contribution in [0.2, 0.25) is 0 Å². The standard InChI is InChI=1S/C11H18IN3S/c1-11(2,3)9-8(12)10(13-4)15-7(14-9)6-16-5/h6H2,1-5H3,(H,13,14,15). The quantitative estimate of drug-likeness (QED) is 0.849. The molecule has 0 aliphatic carbocycles. The number of halogens is 1. The molecule has 0 aliphatic rings. The summed E-state index contributed by atoms with van der Waals surface area (Å²) >= 11 is 4.06. The molecule has 1 aromatic rings. The van der Waals surface area contributed by atoms with Crippen molar-refractivity contribution >= 4 is 40.2 Å². The Morgan fingerprint density at radius 3 is 2.38 bits per heavy atom. The molecule has 0 atom stereocenters. The molecule has 3 nitrogen and oxygen atoms in total. The van der Waals surface area contributed by atoms with Gasteiger partial charge < -0.3 is 5.32 Å². The van der Waals surface area contributed by atoms with Crippen LogP contribution < -0.4 is 5.32 Å². The van der Waals surface area contributed by atoms with Gasteiger partial charge in [0.05, 0.1) is 15.0 Å². The number of hydrogen-bond acceptors (Lipinski definition) is 4. The molecule has 0 amide bonds. The van der Waals surface area contributed by atoms with Crippen molar-refractivity contribution in [3.63, 3.8) is 0 Å². The molecule has 1 aromatic heterocycles. The Labute approximate surface area is 115 Å². The normalized spacial score (nSPS) is 11.6. The van der Waals surface area contributed by atoms with Crippen LogP contribution >= 0.6 is 34.4 Å². The zero-order chi connectivity index (χ0) is 12.3. The minimum atomic E-state index is 0.0538. The third kappa shape index (κ3) is 3.23. The average molecular weight is 351 g/mol. The van der Waals surface area contributed by atoms with Crippen molar-refractivity contribution in [1.29, 1.82) is 0 Å². The lowest BCUT2D eigenvalue weighted by molar-refractivity contribution is 0.560. The van der Waals surface area contributed by atoms with Crippen molar-refractivity contribution in [3.8, 4) is 0 Å². The van der Waals surface area contributed by atoms with Crippen molar-refractivity contribution in [2.45, 2.75) is 31.9 Å². The summed E-state index contributed by atoms with van der Waals surface area (Å²) in [6, 6.07) is 0. The Morgan fingerprint density at radius 2 is 1.94 bits per heavy atom. The van der Waals surface area contributed by atoms with Crippen molar-refractivity contribution in [3.05, 3.63) is 15.1 Å². The summed E-state index contributed by atoms with van der Waals surface area (Å²) in [6.07, 6.45) is 2.07. The lowest BCUT2D eigenvalue weighted by Gasteiger charge is -2.21. The summed E-state index contributed by atoms with van der Waals surface area (Å²) in [4.78, 5) is 9.17. The van der Waals surface area contributed by atoms with Gasteiger partial charge >= 0.3 is 0 Å². The van der Waals surface area contributed by atoms with E-state index in [2.05, 4.69) is 64.9 Å². The zero-order valence-corrected chi connectivity index (χ0v) is 13.4. The molecule has 90 valence electrons. The first kappa shape index (κ1) is 14.0. The molecule has 0 saturated heterocycles. The van der Waals surface area contributed by atoms with Crippen LogP contribution in [0, 0.1) is 3.57 Å². The lowest BCUT2D eigenvalue weighted by Crippen LogP contribution is -2.19. The van der Waals surface area contributed by atoms with Gasteiger partial charge in [0.1, 0.15) is 11.6 Å². The molecule has 0 radical (unpaired) electrons. The molecule has 1 N–H and O–H groups in total. The van der Waals surface area contributed by atoms with Gasteiger partial charge in [0.25, 0.3) is 0 Å². The van der Waals surface area contributed by atoms with Crippen LogP contribution in [0.3, 0.4) is 0 Å². The summed E-state index contributed by atoms with van der Waals surface area (Å²) in [5.41, 5.74) is 1.18. The fourth-order valence-electron chi connectivity index (χ4n) is 1.35. The first-order valence-electron chi connectivity index (χ1n) is 5.13. The van der Waals surface area contributed by atoms with E-state index in [1.54, 1.807) is 11.8 Å². The van der Waals surface area contributed by atoms with E-state index >= 15 is 0 Å². The van der Waals surface area contributed by atoms with Gasteiger partial charge in [0, 0.05) is 12.5 Å². The first-order chi connectivity index (χ1) is 7.40. The number of rotatable bonds is 3. The average Bonchev–Trinajstić information content (AvgIpc) is 2.19. The Bertz CT molecular complexity index is 374. The highest BCUT2D eigenvalue weighted by Gasteiger charge is 2.22. The first-order valence-corrected chi connectivity index (χ1v) is 7.61. The van der Waals surface area contributed by atoms with Crippen LogP contribution in [-0.4, -0.2) is 23.3 Å². The van der Waals surface area contributed by atoms with Gasteiger partial charge in [0.2, 0.25) is 0 Å². The highest BCUT2D eigenvalue weighted by atomic mass is 127. The molecule has 1 heterocycles. The number of hydrogen-bond donors (Lipinski definition) is 1. The summed E-state index contributed by atoms with van der Waals surface area (Å²) < 4.78 is 1.12. The second-order valence-electron chi connectivity index (χ2n) is 4.58. The van der Waals surface area contributed by atoms with Crippen molar-refractivity contribution in [2.75, 3.05) is 18.6 Å². The van der Waals surface area contributed by atoms with Gasteiger partial charge in [-0.05, 0) is 28.8 Å². The largest absolute Gasteiger partial charge is 0.372 e. The molecular formula is C11H18IN3S. The van der Waals surface area contributed by atoms with Gasteiger partial charge in [-0.1, -0.05) is 20.8 Å². The smallest absolute Gasteiger partial charge is 0.143 e. The Hall–Kier alpha value is -0.0400. The van der Waals surface area contributed by atoms with E-state index in [1.165, 1.54) is 0 Å². The Morgan fingerprint density at radius 1 is 1.31 bits per heavy atom. The highest BCUT2D eigenvalue weighted by molar-refractivity contribution is 14.1. The minimum Gasteiger partial charge on any atom is -0.372 e. The summed E-state index contributed by atoms with van der Waals surface area (Å²) in [6.45, 7) is 6.54. The van der Waals surface area contributed by atoms with E-state index in [1.807, 2.05) is 7.05 Å². The van der Waals surface area contributed by atoms with Crippen LogP contribution in [0.4, 0.5) is 5.82 Å². The lowest BCUT2D eigenvalue weighted by atomic mass is 9.92. The maximum Gasteiger partial charge on any atom is 0.143 e. The maximum absolute atomic E-state index is 4.66. The second kappa shape index (κ2) is 5.53. The Balaban J connectivity index is 3.30. The van der Waals surface area contributed by atoms with Gasteiger partial charge in [-0.3, -0.25) is 0 Å². The highest BCUT2D eigenvalue weighted by Crippen LogP contribution is 2.29. The molecule has 16 heavy (non-hydrogen) atoms. The Kier molecular flexibility index (Phi) is 4.85. The molecule has 0 saturated carbocycles. The van der Waals surface area contributed by atoms with E-state index < -0.39 is 0 Å². The van der Waals surface area contributed by atoms with E-state index in [9.17, 15) is 0 Å². The number of nitrogens with zero attached hydrogens (tertiary/aromatic N) is 2. The monoisotopic (exact) mass is 351 g/mol. The molecule has 5 heteroatoms. The molecule has 0 spiro atoms. The molecular weight excluding hydrogens is 333 g/mol. The number of nitrogens with one attached hydrogen (secondary N) is 1. The molecule has 0 unspecified atom stereocenters. The van der Waals surface area contributed by atoms with Gasteiger partial charge in [-0.2, -0.15) is 11.8 Å². The van der Waals surface area contributed by atoms with Crippen LogP contribution in [0.15, 0.2) is 0 Å². The fourth-order valence-corrected chi connectivity index (χ4v) is 3.06. The topological polar surface area (TPSA) is 37.8 Å². The van der Waals surface area contributed by atoms with Gasteiger partial charge in [-0.25, -0.2) is 9.97 Å². The number of anilines is 1. The number of thioether (sulfide) groups is 1. The van der Waals surface area contributed by atoms with Crippen molar-refractivity contribution < 1.29 is 0 Å². The third-order valence-electron chi connectivity index (χ3n) is 2.12. The SMILES string of the molecule is CNc1nc(CSC)nc(C(C)(C)C)c1I. The van der Waals surface area contributed by atoms with Crippen LogP contribution in [-0.2, 0) is 11.2 Å². The van der Waals surface area contributed by atoms with Gasteiger partial charge in [-0.15, -0.1) is 0 Å². The zero-order valence-electron chi connectivity index (χ0n) is 10.4. The van der Waals surface area contributed by atoms with E-state index in [-0.39, 0.29) is 5.41 Å². The van der Waals surface area contributed by atoms with E-state index in [4.69, 9.17) is 0 Å². The molecule has 0 fully saturated rings. The summed E-state index contributed by atoms with van der Waals surface area (Å²) in [7, 11) is 1.90. The fraction of sp³-hybridized carbons (Fsp3) is 0.636. The summed E-state index contributed by atoms with van der Waals surface area (Å²) in [5, 5.41) is 3.14. The van der Waals surface area contributed by atoms with Crippen molar-refractivity contribution in [1.82, 2.24) is 9.97 Å². The van der Waals surface area contributed by atoms with Gasteiger partial charge in [0.15, 0.2) is 0 Å². The minimum absolute atomic E-state index is 0.0538. The van der Waals surface area contributed by atoms with Crippen LogP contribution in [0.25, 0.3) is 0 Å². The third-order valence-corrected chi connectivity index (χ3v) is 3.69. The second-order valence-corrected chi connectivity index (χ2v) is 6.53. The number of aromatic nitrogens is 2. The van der Waals surface area contributed by atoms with Crippen LogP contribution in [0.5, 0.6) is 0 Å². The molecule has 0 aliphatic heterocycles. The van der Waals surface area contributed by atoms with Crippen LogP contribution in [0.1, 0.15) is 32.3 Å². The van der Waals surface area contributed by atoms with E-state index in [0.29, 0.717) is 0 Å². The van der Waals surface area contributed by atoms with Crippen molar-refractivity contribution in [2.24, 2.45) is 0 Å². The molecule has 1 rings (SSSR count). The van der Waals surface area contributed by atoms with E-state index in [0.717, 1.165) is 26.7 Å². The predicted molar refractivity (Wildman–Crippen MR) is 80.2 cm³/mol. The molecule has 0 bridgehead atoms. The maximum atomic E-state index is 4.66. The predicted octanol–water partition coefficient (Wildman–Crippen LogP) is 3.28. The summed E-state index contributed by atoms with van der Waals surface area (Å²) in [5.74, 6) is 2.70.